The molecule has 1 aliphatic heterocycles. The Morgan fingerprint density at radius 2 is 1.62 bits per heavy atom. The van der Waals surface area contributed by atoms with Crippen LogP contribution in [-0.4, -0.2) is 27.9 Å². The van der Waals surface area contributed by atoms with E-state index in [1.54, 1.807) is 12.1 Å². The van der Waals surface area contributed by atoms with E-state index in [4.69, 9.17) is 15.2 Å². The Bertz CT molecular complexity index is 648. The van der Waals surface area contributed by atoms with Gasteiger partial charge in [0.1, 0.15) is 13.2 Å². The van der Waals surface area contributed by atoms with E-state index in [1.165, 1.54) is 6.26 Å². The summed E-state index contributed by atoms with van der Waals surface area (Å²) in [7, 11) is -3.37. The molecule has 1 heterocycles. The van der Waals surface area contributed by atoms with Crippen molar-refractivity contribution in [2.75, 3.05) is 19.5 Å². The van der Waals surface area contributed by atoms with Crippen LogP contribution >= 0.6 is 0 Å². The quantitative estimate of drug-likeness (QED) is 0.903. The summed E-state index contributed by atoms with van der Waals surface area (Å²) in [6.45, 7) is 0.908. The van der Waals surface area contributed by atoms with E-state index in [1.807, 2.05) is 0 Å². The summed E-state index contributed by atoms with van der Waals surface area (Å²) < 4.78 is 35.4. The summed E-state index contributed by atoms with van der Waals surface area (Å²) in [5, 5.41) is 0. The molecule has 116 valence electrons. The van der Waals surface area contributed by atoms with Crippen LogP contribution in [0.5, 0.6) is 11.5 Å². The molecule has 0 spiro atoms. The smallest absolute Gasteiger partial charge is 0.176 e. The second-order valence-corrected chi connectivity index (χ2v) is 7.97. The van der Waals surface area contributed by atoms with Gasteiger partial charge >= 0.3 is 0 Å². The van der Waals surface area contributed by atoms with Crippen LogP contribution in [0.1, 0.15) is 37.7 Å². The van der Waals surface area contributed by atoms with Gasteiger partial charge in [-0.15, -0.1) is 0 Å². The van der Waals surface area contributed by atoms with Gasteiger partial charge in [0.2, 0.25) is 0 Å². The van der Waals surface area contributed by atoms with E-state index in [0.29, 0.717) is 30.3 Å². The first-order valence-electron chi connectivity index (χ1n) is 7.33. The first kappa shape index (κ1) is 14.7. The lowest BCUT2D eigenvalue weighted by atomic mass is 9.77. The van der Waals surface area contributed by atoms with Crippen LogP contribution in [0.3, 0.4) is 0 Å². The van der Waals surface area contributed by atoms with E-state index < -0.39 is 15.4 Å². The standard InChI is InChI=1S/C15H21NO4S/c1-21(17,18)14-10-13-12(19-7-8-20-13)9-11(14)15(16)5-3-2-4-6-15/h9-10H,2-8,16H2,1H3. The van der Waals surface area contributed by atoms with Crippen LogP contribution in [0.2, 0.25) is 0 Å². The monoisotopic (exact) mass is 311 g/mol. The predicted molar refractivity (Wildman–Crippen MR) is 79.5 cm³/mol. The van der Waals surface area contributed by atoms with Gasteiger partial charge in [-0.2, -0.15) is 0 Å². The summed E-state index contributed by atoms with van der Waals surface area (Å²) in [4.78, 5) is 0.274. The molecule has 0 unspecified atom stereocenters. The van der Waals surface area contributed by atoms with Gasteiger partial charge in [-0.3, -0.25) is 0 Å². The minimum Gasteiger partial charge on any atom is -0.486 e. The van der Waals surface area contributed by atoms with Crippen molar-refractivity contribution in [2.45, 2.75) is 42.5 Å². The highest BCUT2D eigenvalue weighted by Gasteiger charge is 2.35. The summed E-state index contributed by atoms with van der Waals surface area (Å²) in [6, 6.07) is 3.35. The molecule has 0 atom stereocenters. The van der Waals surface area contributed by atoms with Crippen LogP contribution in [0.15, 0.2) is 17.0 Å². The van der Waals surface area contributed by atoms with E-state index >= 15 is 0 Å². The third-order valence-electron chi connectivity index (χ3n) is 4.33. The van der Waals surface area contributed by atoms with Crippen molar-refractivity contribution >= 4 is 9.84 Å². The first-order valence-corrected chi connectivity index (χ1v) is 9.22. The molecule has 3 rings (SSSR count). The van der Waals surface area contributed by atoms with Gasteiger partial charge in [-0.25, -0.2) is 8.42 Å². The first-order chi connectivity index (χ1) is 9.90. The Labute approximate surface area is 125 Å². The molecule has 1 aliphatic carbocycles. The average Bonchev–Trinajstić information content (AvgIpc) is 2.46. The second-order valence-electron chi connectivity index (χ2n) is 5.98. The molecule has 0 amide bonds. The molecule has 1 aromatic carbocycles. The zero-order chi connectivity index (χ0) is 15.1. The van der Waals surface area contributed by atoms with Gasteiger partial charge in [0.05, 0.1) is 4.90 Å². The van der Waals surface area contributed by atoms with Crippen LogP contribution in [0.4, 0.5) is 0 Å². The fourth-order valence-electron chi connectivity index (χ4n) is 3.22. The van der Waals surface area contributed by atoms with Crippen LogP contribution < -0.4 is 15.2 Å². The number of rotatable bonds is 2. The molecule has 1 fully saturated rings. The maximum atomic E-state index is 12.2. The lowest BCUT2D eigenvalue weighted by molar-refractivity contribution is 0.170. The Hall–Kier alpha value is -1.27. The fraction of sp³-hybridized carbons (Fsp3) is 0.600. The zero-order valence-corrected chi connectivity index (χ0v) is 13.0. The highest BCUT2D eigenvalue weighted by molar-refractivity contribution is 7.90. The molecule has 1 saturated carbocycles. The highest BCUT2D eigenvalue weighted by atomic mass is 32.2. The molecule has 0 bridgehead atoms. The SMILES string of the molecule is CS(=O)(=O)c1cc2c(cc1C1(N)CCCCC1)OCCO2. The molecule has 21 heavy (non-hydrogen) atoms. The van der Waals surface area contributed by atoms with Gasteiger partial charge in [0.15, 0.2) is 21.3 Å². The molecular formula is C15H21NO4S. The maximum Gasteiger partial charge on any atom is 0.176 e. The van der Waals surface area contributed by atoms with Crippen molar-refractivity contribution < 1.29 is 17.9 Å². The van der Waals surface area contributed by atoms with E-state index in [-0.39, 0.29) is 4.90 Å². The Kier molecular flexibility index (Phi) is 3.61. The Morgan fingerprint density at radius 1 is 1.05 bits per heavy atom. The van der Waals surface area contributed by atoms with Crippen molar-refractivity contribution in [3.8, 4) is 11.5 Å². The Morgan fingerprint density at radius 3 is 2.19 bits per heavy atom. The molecular weight excluding hydrogens is 290 g/mol. The van der Waals surface area contributed by atoms with Crippen molar-refractivity contribution in [3.05, 3.63) is 17.7 Å². The summed E-state index contributed by atoms with van der Waals surface area (Å²) in [5.74, 6) is 1.09. The lowest BCUT2D eigenvalue weighted by Crippen LogP contribution is -2.40. The normalized spacial score (nSPS) is 21.0. The highest BCUT2D eigenvalue weighted by Crippen LogP contribution is 2.43. The number of hydrogen-bond donors (Lipinski definition) is 1. The van der Waals surface area contributed by atoms with Gasteiger partial charge < -0.3 is 15.2 Å². The van der Waals surface area contributed by atoms with Crippen LogP contribution in [-0.2, 0) is 15.4 Å². The lowest BCUT2D eigenvalue weighted by Gasteiger charge is -2.36. The number of sulfone groups is 1. The van der Waals surface area contributed by atoms with Crippen molar-refractivity contribution in [2.24, 2.45) is 5.73 Å². The van der Waals surface area contributed by atoms with E-state index in [0.717, 1.165) is 32.1 Å². The second kappa shape index (κ2) is 5.18. The predicted octanol–water partition coefficient (Wildman–Crippen LogP) is 1.98. The van der Waals surface area contributed by atoms with E-state index in [9.17, 15) is 8.42 Å². The van der Waals surface area contributed by atoms with Crippen molar-refractivity contribution in [3.63, 3.8) is 0 Å². The van der Waals surface area contributed by atoms with Gasteiger partial charge in [-0.05, 0) is 24.5 Å². The largest absolute Gasteiger partial charge is 0.486 e. The number of fused-ring (bicyclic) bond motifs is 1. The summed E-state index contributed by atoms with van der Waals surface area (Å²) >= 11 is 0. The Balaban J connectivity index is 2.17. The third-order valence-corrected chi connectivity index (χ3v) is 5.46. The topological polar surface area (TPSA) is 78.6 Å². The zero-order valence-electron chi connectivity index (χ0n) is 12.2. The minimum absolute atomic E-state index is 0.274. The van der Waals surface area contributed by atoms with Crippen LogP contribution in [0.25, 0.3) is 0 Å². The summed E-state index contributed by atoms with van der Waals surface area (Å²) in [5.41, 5.74) is 6.63. The average molecular weight is 311 g/mol. The molecule has 0 saturated heterocycles. The molecule has 2 aliphatic rings. The third kappa shape index (κ3) is 2.74. The number of hydrogen-bond acceptors (Lipinski definition) is 5. The van der Waals surface area contributed by atoms with Crippen LogP contribution in [0, 0.1) is 0 Å². The number of benzene rings is 1. The molecule has 0 aromatic heterocycles. The maximum absolute atomic E-state index is 12.2. The van der Waals surface area contributed by atoms with Crippen molar-refractivity contribution in [1.29, 1.82) is 0 Å². The summed E-state index contributed by atoms with van der Waals surface area (Å²) in [6.07, 6.45) is 6.01. The molecule has 2 N–H and O–H groups in total. The van der Waals surface area contributed by atoms with E-state index in [2.05, 4.69) is 0 Å². The number of nitrogens with two attached hydrogens (primary N) is 1. The van der Waals surface area contributed by atoms with Crippen molar-refractivity contribution in [1.82, 2.24) is 0 Å². The number of ether oxygens (including phenoxy) is 2. The molecule has 5 nitrogen and oxygen atoms in total. The van der Waals surface area contributed by atoms with Gasteiger partial charge in [0.25, 0.3) is 0 Å². The molecule has 1 aromatic rings. The molecule has 6 heteroatoms. The fourth-order valence-corrected chi connectivity index (χ4v) is 4.20. The van der Waals surface area contributed by atoms with Gasteiger partial charge in [-0.1, -0.05) is 19.3 Å². The van der Waals surface area contributed by atoms with Gasteiger partial charge in [0, 0.05) is 17.9 Å². The molecule has 0 radical (unpaired) electrons. The minimum atomic E-state index is -3.37.